The molecule has 1 fully saturated rings. The van der Waals surface area contributed by atoms with Crippen LogP contribution in [0.5, 0.6) is 0 Å². The topological polar surface area (TPSA) is 71.2 Å². The summed E-state index contributed by atoms with van der Waals surface area (Å²) in [4.78, 5) is 19.8. The number of amides is 1. The SMILES string of the molecule is CC(C)c1cc(C(=O)N2CCC(C(C)O)C2)c2cnn(C(C)C)c2n1. The lowest BCUT2D eigenvalue weighted by atomic mass is 10.0. The van der Waals surface area contributed by atoms with Gasteiger partial charge in [-0.25, -0.2) is 9.67 Å². The van der Waals surface area contributed by atoms with Crippen molar-refractivity contribution >= 4 is 16.9 Å². The molecule has 3 heterocycles. The Balaban J connectivity index is 2.04. The summed E-state index contributed by atoms with van der Waals surface area (Å²) in [5.41, 5.74) is 2.35. The van der Waals surface area contributed by atoms with Crippen LogP contribution in [-0.2, 0) is 0 Å². The molecule has 1 N–H and O–H groups in total. The highest BCUT2D eigenvalue weighted by atomic mass is 16.3. The number of hydrogen-bond donors (Lipinski definition) is 1. The van der Waals surface area contributed by atoms with E-state index in [0.29, 0.717) is 18.7 Å². The van der Waals surface area contributed by atoms with Crippen molar-refractivity contribution in [2.45, 2.75) is 59.1 Å². The van der Waals surface area contributed by atoms with Crippen molar-refractivity contribution in [3.8, 4) is 0 Å². The Labute approximate surface area is 148 Å². The van der Waals surface area contributed by atoms with Gasteiger partial charge in [-0.1, -0.05) is 13.8 Å². The average Bonchev–Trinajstić information content (AvgIpc) is 3.20. The summed E-state index contributed by atoms with van der Waals surface area (Å²) in [5, 5.41) is 15.1. The molecule has 2 aromatic rings. The van der Waals surface area contributed by atoms with Crippen molar-refractivity contribution in [3.63, 3.8) is 0 Å². The van der Waals surface area contributed by atoms with Crippen LogP contribution < -0.4 is 0 Å². The van der Waals surface area contributed by atoms with E-state index in [0.717, 1.165) is 23.1 Å². The third kappa shape index (κ3) is 3.27. The van der Waals surface area contributed by atoms with Gasteiger partial charge in [-0.05, 0) is 39.2 Å². The molecule has 1 aliphatic rings. The summed E-state index contributed by atoms with van der Waals surface area (Å²) in [5.74, 6) is 0.403. The third-order valence-corrected chi connectivity index (χ3v) is 5.09. The molecule has 1 saturated heterocycles. The predicted molar refractivity (Wildman–Crippen MR) is 97.7 cm³/mol. The van der Waals surface area contributed by atoms with E-state index < -0.39 is 0 Å². The summed E-state index contributed by atoms with van der Waals surface area (Å²) in [6.07, 6.45) is 2.21. The molecule has 1 aliphatic heterocycles. The van der Waals surface area contributed by atoms with Crippen LogP contribution in [0.2, 0.25) is 0 Å². The number of aliphatic hydroxyl groups is 1. The predicted octanol–water partition coefficient (Wildman–Crippen LogP) is 2.98. The number of hydrogen-bond acceptors (Lipinski definition) is 4. The maximum Gasteiger partial charge on any atom is 0.254 e. The van der Waals surface area contributed by atoms with Crippen LogP contribution in [0.15, 0.2) is 12.3 Å². The minimum Gasteiger partial charge on any atom is -0.393 e. The third-order valence-electron chi connectivity index (χ3n) is 5.09. The smallest absolute Gasteiger partial charge is 0.254 e. The molecule has 2 atom stereocenters. The highest BCUT2D eigenvalue weighted by Gasteiger charge is 2.31. The van der Waals surface area contributed by atoms with Gasteiger partial charge in [0.25, 0.3) is 5.91 Å². The fourth-order valence-electron chi connectivity index (χ4n) is 3.42. The number of aliphatic hydroxyl groups excluding tert-OH is 1. The zero-order valence-corrected chi connectivity index (χ0v) is 15.7. The number of aromatic nitrogens is 3. The van der Waals surface area contributed by atoms with E-state index in [9.17, 15) is 9.90 Å². The summed E-state index contributed by atoms with van der Waals surface area (Å²) in [6, 6.07) is 2.10. The molecule has 0 bridgehead atoms. The largest absolute Gasteiger partial charge is 0.393 e. The van der Waals surface area contributed by atoms with Crippen LogP contribution in [0, 0.1) is 5.92 Å². The Bertz CT molecular complexity index is 779. The quantitative estimate of drug-likeness (QED) is 0.925. The fraction of sp³-hybridized carbons (Fsp3) is 0.632. The highest BCUT2D eigenvalue weighted by molar-refractivity contribution is 6.05. The molecular weight excluding hydrogens is 316 g/mol. The van der Waals surface area contributed by atoms with Crippen molar-refractivity contribution in [2.75, 3.05) is 13.1 Å². The van der Waals surface area contributed by atoms with Gasteiger partial charge in [0, 0.05) is 30.7 Å². The van der Waals surface area contributed by atoms with Gasteiger partial charge in [0.05, 0.1) is 23.3 Å². The van der Waals surface area contributed by atoms with Crippen LogP contribution in [0.4, 0.5) is 0 Å². The molecule has 1 amide bonds. The molecule has 25 heavy (non-hydrogen) atoms. The zero-order valence-electron chi connectivity index (χ0n) is 15.7. The number of carbonyl (C=O) groups excluding carboxylic acids is 1. The van der Waals surface area contributed by atoms with Gasteiger partial charge < -0.3 is 10.0 Å². The number of rotatable bonds is 4. The molecule has 0 aliphatic carbocycles. The first-order valence-electron chi connectivity index (χ1n) is 9.15. The number of nitrogens with zero attached hydrogens (tertiary/aromatic N) is 4. The van der Waals surface area contributed by atoms with E-state index in [2.05, 4.69) is 32.8 Å². The van der Waals surface area contributed by atoms with Gasteiger partial charge in [-0.3, -0.25) is 4.79 Å². The molecule has 2 unspecified atom stereocenters. The van der Waals surface area contributed by atoms with Gasteiger partial charge in [0.2, 0.25) is 0 Å². The molecule has 0 spiro atoms. The average molecular weight is 344 g/mol. The maximum atomic E-state index is 13.2. The fourth-order valence-corrected chi connectivity index (χ4v) is 3.42. The van der Waals surface area contributed by atoms with Crippen LogP contribution >= 0.6 is 0 Å². The summed E-state index contributed by atoms with van der Waals surface area (Å²) < 4.78 is 1.88. The number of carbonyl (C=O) groups is 1. The van der Waals surface area contributed by atoms with Gasteiger partial charge in [0.15, 0.2) is 5.65 Å². The second-order valence-electron chi connectivity index (χ2n) is 7.71. The summed E-state index contributed by atoms with van der Waals surface area (Å²) in [7, 11) is 0. The van der Waals surface area contributed by atoms with E-state index in [1.807, 2.05) is 15.6 Å². The second-order valence-corrected chi connectivity index (χ2v) is 7.71. The Morgan fingerprint density at radius 3 is 2.56 bits per heavy atom. The molecule has 6 heteroatoms. The van der Waals surface area contributed by atoms with E-state index in [-0.39, 0.29) is 29.9 Å². The van der Waals surface area contributed by atoms with E-state index in [1.54, 1.807) is 13.1 Å². The first-order chi connectivity index (χ1) is 11.8. The normalized spacial score (nSPS) is 19.4. The van der Waals surface area contributed by atoms with Gasteiger partial charge in [-0.15, -0.1) is 0 Å². The summed E-state index contributed by atoms with van der Waals surface area (Å²) >= 11 is 0. The number of likely N-dealkylation sites (tertiary alicyclic amines) is 1. The lowest BCUT2D eigenvalue weighted by molar-refractivity contribution is 0.0764. The molecular formula is C19H28N4O2. The molecule has 6 nitrogen and oxygen atoms in total. The van der Waals surface area contributed by atoms with Crippen LogP contribution in [0.25, 0.3) is 11.0 Å². The Hall–Kier alpha value is -1.95. The van der Waals surface area contributed by atoms with Crippen molar-refractivity contribution in [2.24, 2.45) is 5.92 Å². The van der Waals surface area contributed by atoms with Crippen LogP contribution in [-0.4, -0.2) is 49.9 Å². The highest BCUT2D eigenvalue weighted by Crippen LogP contribution is 2.28. The zero-order chi connectivity index (χ0) is 18.3. The van der Waals surface area contributed by atoms with Gasteiger partial charge in [0.1, 0.15) is 0 Å². The molecule has 0 aromatic carbocycles. The molecule has 0 saturated carbocycles. The second kappa shape index (κ2) is 6.75. The van der Waals surface area contributed by atoms with E-state index >= 15 is 0 Å². The first kappa shape index (κ1) is 17.9. The molecule has 3 rings (SSSR count). The Kier molecular flexibility index (Phi) is 4.82. The molecule has 2 aromatic heterocycles. The van der Waals surface area contributed by atoms with E-state index in [1.165, 1.54) is 0 Å². The van der Waals surface area contributed by atoms with Crippen LogP contribution in [0.1, 0.15) is 69.1 Å². The van der Waals surface area contributed by atoms with Crippen LogP contribution in [0.3, 0.4) is 0 Å². The minimum absolute atomic E-state index is 0.0146. The Morgan fingerprint density at radius 1 is 1.28 bits per heavy atom. The number of fused-ring (bicyclic) bond motifs is 1. The lowest BCUT2D eigenvalue weighted by Crippen LogP contribution is -2.30. The molecule has 136 valence electrons. The van der Waals surface area contributed by atoms with Gasteiger partial charge >= 0.3 is 0 Å². The number of pyridine rings is 1. The first-order valence-corrected chi connectivity index (χ1v) is 9.15. The monoisotopic (exact) mass is 344 g/mol. The maximum absolute atomic E-state index is 13.2. The van der Waals surface area contributed by atoms with Crippen molar-refractivity contribution in [1.82, 2.24) is 19.7 Å². The molecule has 0 radical (unpaired) electrons. The summed E-state index contributed by atoms with van der Waals surface area (Å²) in [6.45, 7) is 11.4. The standard InChI is InChI=1S/C19H28N4O2/c1-11(2)17-8-15(16-9-20-23(12(3)4)18(16)21-17)19(25)22-7-6-14(10-22)13(5)24/h8-9,11-14,24H,6-7,10H2,1-5H3. The van der Waals surface area contributed by atoms with Crippen molar-refractivity contribution in [1.29, 1.82) is 0 Å². The van der Waals surface area contributed by atoms with Crippen molar-refractivity contribution < 1.29 is 9.90 Å². The van der Waals surface area contributed by atoms with Crippen molar-refractivity contribution in [3.05, 3.63) is 23.5 Å². The minimum atomic E-state index is -0.384. The lowest BCUT2D eigenvalue weighted by Gasteiger charge is -2.19. The Morgan fingerprint density at radius 2 is 2.00 bits per heavy atom. The van der Waals surface area contributed by atoms with E-state index in [4.69, 9.17) is 4.98 Å². The van der Waals surface area contributed by atoms with Gasteiger partial charge in [-0.2, -0.15) is 5.10 Å².